The van der Waals surface area contributed by atoms with Gasteiger partial charge in [0.25, 0.3) is 0 Å². The molecule has 1 atom stereocenters. The van der Waals surface area contributed by atoms with E-state index >= 15 is 0 Å². The summed E-state index contributed by atoms with van der Waals surface area (Å²) < 4.78 is 48.8. The molecule has 0 spiro atoms. The fraction of sp³-hybridized carbons (Fsp3) is 0.381. The molecule has 1 aliphatic rings. The number of alkyl halides is 3. The second kappa shape index (κ2) is 8.12. The zero-order valence-corrected chi connectivity index (χ0v) is 15.8. The first kappa shape index (κ1) is 20.0. The molecule has 0 aromatic heterocycles. The highest BCUT2D eigenvalue weighted by Gasteiger charge is 2.33. The van der Waals surface area contributed by atoms with Crippen molar-refractivity contribution in [2.24, 2.45) is 0 Å². The lowest BCUT2D eigenvalue weighted by Gasteiger charge is -2.26. The lowest BCUT2D eigenvalue weighted by atomic mass is 10.0. The first-order valence-corrected chi connectivity index (χ1v) is 9.01. The van der Waals surface area contributed by atoms with E-state index in [1.54, 1.807) is 25.2 Å². The van der Waals surface area contributed by atoms with Crippen LogP contribution in [0, 0.1) is 0 Å². The SMILES string of the molecule is COc1ccc(C2CCCN2C(=O)Cc2ccc(C(F)(F)F)cc2)c(OC)c1. The van der Waals surface area contributed by atoms with Gasteiger partial charge in [0.05, 0.1) is 32.2 Å². The molecule has 150 valence electrons. The summed E-state index contributed by atoms with van der Waals surface area (Å²) >= 11 is 0. The van der Waals surface area contributed by atoms with Crippen molar-refractivity contribution in [1.82, 2.24) is 4.90 Å². The number of nitrogens with zero attached hydrogens (tertiary/aromatic N) is 1. The van der Waals surface area contributed by atoms with Crippen LogP contribution in [0.15, 0.2) is 42.5 Å². The monoisotopic (exact) mass is 393 g/mol. The third kappa shape index (κ3) is 4.24. The Morgan fingerprint density at radius 2 is 1.82 bits per heavy atom. The number of halogens is 3. The Morgan fingerprint density at radius 3 is 2.43 bits per heavy atom. The summed E-state index contributed by atoms with van der Waals surface area (Å²) in [6, 6.07) is 10.1. The third-order valence-corrected chi connectivity index (χ3v) is 5.01. The molecule has 28 heavy (non-hydrogen) atoms. The van der Waals surface area contributed by atoms with Gasteiger partial charge in [-0.15, -0.1) is 0 Å². The summed E-state index contributed by atoms with van der Waals surface area (Å²) in [5.74, 6) is 1.21. The summed E-state index contributed by atoms with van der Waals surface area (Å²) in [7, 11) is 3.14. The van der Waals surface area contributed by atoms with Crippen LogP contribution in [0.2, 0.25) is 0 Å². The second-order valence-electron chi connectivity index (χ2n) is 6.72. The average Bonchev–Trinajstić information content (AvgIpc) is 3.17. The molecule has 0 aliphatic carbocycles. The highest BCUT2D eigenvalue weighted by Crippen LogP contribution is 2.39. The quantitative estimate of drug-likeness (QED) is 0.744. The molecular weight excluding hydrogens is 371 g/mol. The van der Waals surface area contributed by atoms with Gasteiger partial charge in [-0.1, -0.05) is 12.1 Å². The van der Waals surface area contributed by atoms with Crippen LogP contribution in [0.25, 0.3) is 0 Å². The molecule has 3 rings (SSSR count). The number of hydrogen-bond donors (Lipinski definition) is 0. The van der Waals surface area contributed by atoms with Gasteiger partial charge in [-0.05, 0) is 42.7 Å². The largest absolute Gasteiger partial charge is 0.497 e. The molecule has 4 nitrogen and oxygen atoms in total. The van der Waals surface area contributed by atoms with E-state index in [0.717, 1.165) is 30.5 Å². The number of rotatable bonds is 5. The summed E-state index contributed by atoms with van der Waals surface area (Å²) in [4.78, 5) is 14.6. The molecule has 1 fully saturated rings. The fourth-order valence-corrected chi connectivity index (χ4v) is 3.57. The maximum absolute atomic E-state index is 12.8. The van der Waals surface area contributed by atoms with Gasteiger partial charge in [0.2, 0.25) is 5.91 Å². The van der Waals surface area contributed by atoms with E-state index in [-0.39, 0.29) is 18.4 Å². The minimum atomic E-state index is -4.38. The molecule has 1 saturated heterocycles. The van der Waals surface area contributed by atoms with E-state index in [9.17, 15) is 18.0 Å². The number of hydrogen-bond acceptors (Lipinski definition) is 3. The van der Waals surface area contributed by atoms with Gasteiger partial charge in [0.15, 0.2) is 0 Å². The Bertz CT molecular complexity index is 834. The lowest BCUT2D eigenvalue weighted by Crippen LogP contribution is -2.32. The van der Waals surface area contributed by atoms with Crippen LogP contribution >= 0.6 is 0 Å². The van der Waals surface area contributed by atoms with Crippen molar-refractivity contribution in [3.63, 3.8) is 0 Å². The Labute approximate surface area is 161 Å². The van der Waals surface area contributed by atoms with E-state index in [0.29, 0.717) is 23.6 Å². The van der Waals surface area contributed by atoms with Gasteiger partial charge in [-0.2, -0.15) is 13.2 Å². The summed E-state index contributed by atoms with van der Waals surface area (Å²) in [5, 5.41) is 0. The van der Waals surface area contributed by atoms with Gasteiger partial charge in [0.1, 0.15) is 11.5 Å². The van der Waals surface area contributed by atoms with Gasteiger partial charge in [-0.3, -0.25) is 4.79 Å². The zero-order chi connectivity index (χ0) is 20.3. The highest BCUT2D eigenvalue weighted by molar-refractivity contribution is 5.79. The molecule has 0 saturated carbocycles. The van der Waals surface area contributed by atoms with Crippen LogP contribution in [0.5, 0.6) is 11.5 Å². The van der Waals surface area contributed by atoms with E-state index in [2.05, 4.69) is 0 Å². The van der Waals surface area contributed by atoms with Crippen molar-refractivity contribution >= 4 is 5.91 Å². The summed E-state index contributed by atoms with van der Waals surface area (Å²) in [6.07, 6.45) is -2.65. The molecule has 0 bridgehead atoms. The number of methoxy groups -OCH3 is 2. The van der Waals surface area contributed by atoms with Crippen molar-refractivity contribution in [2.75, 3.05) is 20.8 Å². The molecule has 2 aromatic carbocycles. The molecule has 1 amide bonds. The number of amides is 1. The predicted octanol–water partition coefficient (Wildman–Crippen LogP) is 4.63. The number of benzene rings is 2. The Kier molecular flexibility index (Phi) is 5.82. The van der Waals surface area contributed by atoms with Crippen molar-refractivity contribution in [2.45, 2.75) is 31.5 Å². The van der Waals surface area contributed by atoms with Gasteiger partial charge >= 0.3 is 6.18 Å². The smallest absolute Gasteiger partial charge is 0.416 e. The minimum Gasteiger partial charge on any atom is -0.497 e. The second-order valence-corrected chi connectivity index (χ2v) is 6.72. The van der Waals surface area contributed by atoms with E-state index in [1.807, 2.05) is 12.1 Å². The number of carbonyl (C=O) groups excluding carboxylic acids is 1. The van der Waals surface area contributed by atoms with Gasteiger partial charge in [0, 0.05) is 18.2 Å². The van der Waals surface area contributed by atoms with Crippen LogP contribution in [0.1, 0.15) is 35.6 Å². The molecule has 7 heteroatoms. The summed E-state index contributed by atoms with van der Waals surface area (Å²) in [6.45, 7) is 0.610. The average molecular weight is 393 g/mol. The predicted molar refractivity (Wildman–Crippen MR) is 98.4 cm³/mol. The van der Waals surface area contributed by atoms with Crippen LogP contribution < -0.4 is 9.47 Å². The van der Waals surface area contributed by atoms with Crippen LogP contribution in [-0.2, 0) is 17.4 Å². The number of ether oxygens (including phenoxy) is 2. The van der Waals surface area contributed by atoms with Crippen molar-refractivity contribution < 1.29 is 27.4 Å². The topological polar surface area (TPSA) is 38.8 Å². The molecule has 2 aromatic rings. The maximum atomic E-state index is 12.8. The zero-order valence-electron chi connectivity index (χ0n) is 15.8. The lowest BCUT2D eigenvalue weighted by molar-refractivity contribution is -0.137. The molecule has 1 unspecified atom stereocenters. The van der Waals surface area contributed by atoms with Gasteiger partial charge in [-0.25, -0.2) is 0 Å². The maximum Gasteiger partial charge on any atom is 0.416 e. The first-order chi connectivity index (χ1) is 13.3. The fourth-order valence-electron chi connectivity index (χ4n) is 3.57. The number of carbonyl (C=O) groups is 1. The molecule has 0 N–H and O–H groups in total. The van der Waals surface area contributed by atoms with Crippen LogP contribution in [0.4, 0.5) is 13.2 Å². The highest BCUT2D eigenvalue weighted by atomic mass is 19.4. The van der Waals surface area contributed by atoms with Crippen molar-refractivity contribution in [1.29, 1.82) is 0 Å². The molecule has 1 aliphatic heterocycles. The molecule has 0 radical (unpaired) electrons. The minimum absolute atomic E-state index is 0.0626. The van der Waals surface area contributed by atoms with Crippen molar-refractivity contribution in [3.8, 4) is 11.5 Å². The Hall–Kier alpha value is -2.70. The van der Waals surface area contributed by atoms with Crippen LogP contribution in [0.3, 0.4) is 0 Å². The number of likely N-dealkylation sites (tertiary alicyclic amines) is 1. The molecule has 1 heterocycles. The Balaban J connectivity index is 1.76. The normalized spacial score (nSPS) is 16.9. The van der Waals surface area contributed by atoms with Crippen molar-refractivity contribution in [3.05, 3.63) is 59.2 Å². The van der Waals surface area contributed by atoms with E-state index < -0.39 is 11.7 Å². The van der Waals surface area contributed by atoms with E-state index in [4.69, 9.17) is 9.47 Å². The molecular formula is C21H22F3NO3. The summed E-state index contributed by atoms with van der Waals surface area (Å²) in [5.41, 5.74) is 0.748. The Morgan fingerprint density at radius 1 is 1.11 bits per heavy atom. The van der Waals surface area contributed by atoms with Crippen LogP contribution in [-0.4, -0.2) is 31.6 Å². The third-order valence-electron chi connectivity index (χ3n) is 5.01. The van der Waals surface area contributed by atoms with E-state index in [1.165, 1.54) is 12.1 Å². The first-order valence-electron chi connectivity index (χ1n) is 9.01. The standard InChI is InChI=1S/C21H22F3NO3/c1-27-16-9-10-17(19(13-16)28-2)18-4-3-11-25(18)20(26)12-14-5-7-15(8-6-14)21(22,23)24/h5-10,13,18H,3-4,11-12H2,1-2H3. The van der Waals surface area contributed by atoms with Gasteiger partial charge < -0.3 is 14.4 Å².